The summed E-state index contributed by atoms with van der Waals surface area (Å²) in [6, 6.07) is 9.39. The summed E-state index contributed by atoms with van der Waals surface area (Å²) in [7, 11) is 0. The van der Waals surface area contributed by atoms with E-state index >= 15 is 0 Å². The molecule has 134 valence electrons. The molecule has 2 amide bonds. The van der Waals surface area contributed by atoms with Gasteiger partial charge in [-0.25, -0.2) is 10.0 Å². The maximum absolute atomic E-state index is 13.6. The monoisotopic (exact) mass is 340 g/mol. The van der Waals surface area contributed by atoms with Gasteiger partial charge in [-0.2, -0.15) is 0 Å². The highest BCUT2D eigenvalue weighted by atomic mass is 16.2. The van der Waals surface area contributed by atoms with Crippen molar-refractivity contribution in [2.24, 2.45) is 16.7 Å². The Balaban J connectivity index is 2.18. The van der Waals surface area contributed by atoms with Crippen LogP contribution in [0.3, 0.4) is 0 Å². The minimum absolute atomic E-state index is 0.0234. The smallest absolute Gasteiger partial charge is 0.268 e. The second kappa shape index (κ2) is 5.72. The average Bonchev–Trinajstić information content (AvgIpc) is 2.93. The Labute approximate surface area is 150 Å². The van der Waals surface area contributed by atoms with Crippen molar-refractivity contribution in [2.45, 2.75) is 54.0 Å². The number of nitrogens with zero attached hydrogens (tertiary/aromatic N) is 2. The first-order valence-electron chi connectivity index (χ1n) is 9.04. The molecule has 0 bridgehead atoms. The highest BCUT2D eigenvalue weighted by molar-refractivity contribution is 6.07. The number of rotatable bonds is 2. The molecule has 2 aliphatic rings. The second-order valence-corrected chi connectivity index (χ2v) is 8.15. The maximum atomic E-state index is 13.6. The zero-order valence-electron chi connectivity index (χ0n) is 16.0. The number of para-hydroxylation sites is 1. The fourth-order valence-electron chi connectivity index (χ4n) is 4.37. The van der Waals surface area contributed by atoms with Crippen molar-refractivity contribution in [1.82, 2.24) is 5.01 Å². The number of fused-ring (bicyclic) bond motifs is 1. The number of anilines is 1. The summed E-state index contributed by atoms with van der Waals surface area (Å²) >= 11 is 0. The molecular weight excluding hydrogens is 312 g/mol. The third-order valence-corrected chi connectivity index (χ3v) is 6.94. The molecule has 0 aromatic heterocycles. The lowest BCUT2D eigenvalue weighted by molar-refractivity contribution is -0.132. The van der Waals surface area contributed by atoms with Gasteiger partial charge in [-0.3, -0.25) is 9.59 Å². The molecule has 25 heavy (non-hydrogen) atoms. The van der Waals surface area contributed by atoms with Crippen LogP contribution in [0, 0.1) is 16.7 Å². The van der Waals surface area contributed by atoms with E-state index < -0.39 is 5.41 Å². The number of allylic oxidation sites excluding steroid dienone is 1. The van der Waals surface area contributed by atoms with Crippen LogP contribution < -0.4 is 5.01 Å². The van der Waals surface area contributed by atoms with Crippen molar-refractivity contribution in [2.75, 3.05) is 5.01 Å². The van der Waals surface area contributed by atoms with Gasteiger partial charge in [0.1, 0.15) is 0 Å². The van der Waals surface area contributed by atoms with Gasteiger partial charge < -0.3 is 0 Å². The Kier molecular flexibility index (Phi) is 4.05. The van der Waals surface area contributed by atoms with Crippen LogP contribution in [0.15, 0.2) is 42.0 Å². The van der Waals surface area contributed by atoms with Crippen LogP contribution in [-0.2, 0) is 9.59 Å². The molecule has 1 aromatic carbocycles. The average molecular weight is 340 g/mol. The highest BCUT2D eigenvalue weighted by Crippen LogP contribution is 2.61. The van der Waals surface area contributed by atoms with Gasteiger partial charge >= 0.3 is 0 Å². The second-order valence-electron chi connectivity index (χ2n) is 8.15. The number of benzene rings is 1. The largest absolute Gasteiger partial charge is 0.272 e. The molecule has 0 radical (unpaired) electrons. The lowest BCUT2D eigenvalue weighted by Crippen LogP contribution is -2.47. The predicted octanol–water partition coefficient (Wildman–Crippen LogP) is 4.18. The van der Waals surface area contributed by atoms with E-state index in [1.165, 1.54) is 0 Å². The van der Waals surface area contributed by atoms with Gasteiger partial charge in [0, 0.05) is 5.57 Å². The molecule has 2 fully saturated rings. The Bertz CT molecular complexity index is 738. The standard InChI is InChI=1S/C21H28N2O2/c1-7-14(2)18(24)23-17-13-15(3)20(4,5)21(17,6)19(25)22(23)16-11-9-8-10-12-16/h7-12,15,17H,13H2,1-6H3/b14-7+/t15-,17-,21+/m1/s1. The van der Waals surface area contributed by atoms with E-state index in [-0.39, 0.29) is 23.3 Å². The van der Waals surface area contributed by atoms with Gasteiger partial charge in [0.2, 0.25) is 0 Å². The van der Waals surface area contributed by atoms with E-state index in [1.807, 2.05) is 57.2 Å². The van der Waals surface area contributed by atoms with Crippen LogP contribution >= 0.6 is 0 Å². The lowest BCUT2D eigenvalue weighted by atomic mass is 9.65. The zero-order valence-corrected chi connectivity index (χ0v) is 16.0. The van der Waals surface area contributed by atoms with E-state index in [1.54, 1.807) is 10.0 Å². The summed E-state index contributed by atoms with van der Waals surface area (Å²) in [4.78, 5) is 26.8. The first kappa shape index (κ1) is 17.7. The minimum Gasteiger partial charge on any atom is -0.272 e. The van der Waals surface area contributed by atoms with Gasteiger partial charge in [0.05, 0.1) is 17.1 Å². The molecule has 4 heteroatoms. The molecule has 1 heterocycles. The van der Waals surface area contributed by atoms with Crippen LogP contribution in [0.4, 0.5) is 5.69 Å². The number of amides is 2. The minimum atomic E-state index is -0.591. The van der Waals surface area contributed by atoms with E-state index in [0.29, 0.717) is 11.5 Å². The van der Waals surface area contributed by atoms with Crippen molar-refractivity contribution >= 4 is 17.5 Å². The summed E-state index contributed by atoms with van der Waals surface area (Å²) in [5.41, 5.74) is 0.645. The number of carbonyl (C=O) groups is 2. The van der Waals surface area contributed by atoms with Crippen LogP contribution in [0.2, 0.25) is 0 Å². The number of hydrogen-bond acceptors (Lipinski definition) is 2. The van der Waals surface area contributed by atoms with Crippen LogP contribution in [0.5, 0.6) is 0 Å². The van der Waals surface area contributed by atoms with E-state index in [4.69, 9.17) is 0 Å². The third kappa shape index (κ3) is 2.19. The Hall–Kier alpha value is -2.10. The van der Waals surface area contributed by atoms with E-state index in [0.717, 1.165) is 12.1 Å². The summed E-state index contributed by atoms with van der Waals surface area (Å²) < 4.78 is 0. The van der Waals surface area contributed by atoms with Crippen LogP contribution in [0.25, 0.3) is 0 Å². The predicted molar refractivity (Wildman–Crippen MR) is 99.7 cm³/mol. The normalized spacial score (nSPS) is 31.4. The van der Waals surface area contributed by atoms with Gasteiger partial charge in [0.25, 0.3) is 11.8 Å². The quantitative estimate of drug-likeness (QED) is 0.758. The van der Waals surface area contributed by atoms with Gasteiger partial charge in [-0.1, -0.05) is 45.0 Å². The van der Waals surface area contributed by atoms with E-state index in [2.05, 4.69) is 20.8 Å². The van der Waals surface area contributed by atoms with Gasteiger partial charge in [0.15, 0.2) is 0 Å². The fraction of sp³-hybridized carbons (Fsp3) is 0.524. The lowest BCUT2D eigenvalue weighted by Gasteiger charge is -2.37. The molecule has 3 atom stereocenters. The maximum Gasteiger partial charge on any atom is 0.268 e. The van der Waals surface area contributed by atoms with E-state index in [9.17, 15) is 9.59 Å². The van der Waals surface area contributed by atoms with Crippen molar-refractivity contribution in [3.8, 4) is 0 Å². The molecule has 1 aromatic rings. The molecule has 1 aliphatic carbocycles. The summed E-state index contributed by atoms with van der Waals surface area (Å²) in [6.45, 7) is 12.2. The van der Waals surface area contributed by atoms with Crippen LogP contribution in [0.1, 0.15) is 48.0 Å². The van der Waals surface area contributed by atoms with Gasteiger partial charge in [-0.15, -0.1) is 0 Å². The summed E-state index contributed by atoms with van der Waals surface area (Å²) in [6.07, 6.45) is 2.65. The molecule has 0 spiro atoms. The molecule has 1 aliphatic heterocycles. The zero-order chi connectivity index (χ0) is 18.6. The van der Waals surface area contributed by atoms with Crippen LogP contribution in [-0.4, -0.2) is 22.9 Å². The molecule has 0 N–H and O–H groups in total. The number of hydrazine groups is 1. The Morgan fingerprint density at radius 2 is 1.80 bits per heavy atom. The van der Waals surface area contributed by atoms with Gasteiger partial charge in [-0.05, 0) is 50.7 Å². The molecule has 4 nitrogen and oxygen atoms in total. The topological polar surface area (TPSA) is 40.6 Å². The molecule has 0 unspecified atom stereocenters. The fourth-order valence-corrected chi connectivity index (χ4v) is 4.37. The molecule has 3 rings (SSSR count). The first-order chi connectivity index (χ1) is 11.7. The van der Waals surface area contributed by atoms with Crippen molar-refractivity contribution in [3.05, 3.63) is 42.0 Å². The molecule has 1 saturated heterocycles. The Morgan fingerprint density at radius 3 is 2.36 bits per heavy atom. The molecular formula is C21H28N2O2. The van der Waals surface area contributed by atoms with Crippen molar-refractivity contribution in [1.29, 1.82) is 0 Å². The number of hydrogen-bond donors (Lipinski definition) is 0. The summed E-state index contributed by atoms with van der Waals surface area (Å²) in [5, 5.41) is 3.34. The summed E-state index contributed by atoms with van der Waals surface area (Å²) in [5.74, 6) is 0.305. The highest BCUT2D eigenvalue weighted by Gasteiger charge is 2.69. The Morgan fingerprint density at radius 1 is 1.20 bits per heavy atom. The van der Waals surface area contributed by atoms with Crippen molar-refractivity contribution < 1.29 is 9.59 Å². The SMILES string of the molecule is C/C=C(\C)C(=O)N1[C@@H]2C[C@@H](C)C(C)(C)[C@]2(C)C(=O)N1c1ccccc1. The molecule has 1 saturated carbocycles. The third-order valence-electron chi connectivity index (χ3n) is 6.94. The first-order valence-corrected chi connectivity index (χ1v) is 9.04. The number of carbonyl (C=O) groups excluding carboxylic acids is 2. The van der Waals surface area contributed by atoms with Crippen molar-refractivity contribution in [3.63, 3.8) is 0 Å².